The van der Waals surface area contributed by atoms with Crippen molar-refractivity contribution >= 4 is 5.78 Å². The fraction of sp³-hybridized carbons (Fsp3) is 0.562. The minimum absolute atomic E-state index is 0.00129. The van der Waals surface area contributed by atoms with Gasteiger partial charge in [-0.1, -0.05) is 6.07 Å². The highest BCUT2D eigenvalue weighted by Crippen LogP contribution is 2.54. The summed E-state index contributed by atoms with van der Waals surface area (Å²) in [6.45, 7) is 1.94. The molecule has 1 aliphatic carbocycles. The summed E-state index contributed by atoms with van der Waals surface area (Å²) < 4.78 is 5.81. The third-order valence-corrected chi connectivity index (χ3v) is 5.42. The van der Waals surface area contributed by atoms with Crippen LogP contribution in [0.15, 0.2) is 18.2 Å². The highest BCUT2D eigenvalue weighted by Gasteiger charge is 2.62. The summed E-state index contributed by atoms with van der Waals surface area (Å²) in [6, 6.07) is 5.40. The third kappa shape index (κ3) is 1.71. The number of benzene rings is 1. The lowest BCUT2D eigenvalue weighted by Gasteiger charge is -2.23. The Labute approximate surface area is 123 Å². The number of carbonyl (C=O) groups excluding carboxylic acids is 1. The van der Waals surface area contributed by atoms with E-state index in [2.05, 4.69) is 0 Å². The molecule has 0 radical (unpaired) electrons. The van der Waals surface area contributed by atoms with Crippen LogP contribution in [0.3, 0.4) is 0 Å². The number of nitrogens with two attached hydrogens (primary N) is 1. The van der Waals surface area contributed by atoms with Crippen LogP contribution < -0.4 is 10.7 Å². The van der Waals surface area contributed by atoms with Gasteiger partial charge in [-0.3, -0.25) is 4.79 Å². The molecule has 0 amide bonds. The largest absolute Gasteiger partial charge is 0.412 e. The van der Waals surface area contributed by atoms with Crippen LogP contribution in [0.5, 0.6) is 5.75 Å². The Hall–Kier alpha value is -1.43. The third-order valence-electron chi connectivity index (χ3n) is 5.42. The van der Waals surface area contributed by atoms with Crippen molar-refractivity contribution < 1.29 is 19.5 Å². The topological polar surface area (TPSA) is 81.8 Å². The van der Waals surface area contributed by atoms with Crippen molar-refractivity contribution in [1.29, 1.82) is 0 Å². The molecule has 2 saturated heterocycles. The molecule has 5 nitrogen and oxygen atoms in total. The van der Waals surface area contributed by atoms with Gasteiger partial charge in [0.1, 0.15) is 11.5 Å². The monoisotopic (exact) mass is 289 g/mol. The van der Waals surface area contributed by atoms with E-state index in [1.54, 1.807) is 12.1 Å². The molecule has 2 aliphatic heterocycles. The number of ketones is 1. The van der Waals surface area contributed by atoms with Gasteiger partial charge in [0, 0.05) is 5.92 Å². The molecule has 0 spiro atoms. The number of rotatable bonds is 2. The molecule has 6 atom stereocenters. The van der Waals surface area contributed by atoms with E-state index in [1.807, 2.05) is 13.0 Å². The molecule has 3 N–H and O–H groups in total. The molecule has 1 aromatic carbocycles. The zero-order chi connectivity index (χ0) is 14.7. The number of aliphatic hydroxyl groups is 1. The van der Waals surface area contributed by atoms with Crippen LogP contribution in [-0.2, 0) is 9.53 Å². The molecule has 112 valence electrons. The van der Waals surface area contributed by atoms with Crippen molar-refractivity contribution in [2.24, 2.45) is 17.7 Å². The van der Waals surface area contributed by atoms with E-state index in [4.69, 9.17) is 15.5 Å². The average molecular weight is 289 g/mol. The van der Waals surface area contributed by atoms with Crippen LogP contribution in [0.4, 0.5) is 0 Å². The lowest BCUT2D eigenvalue weighted by atomic mass is 9.81. The van der Waals surface area contributed by atoms with Gasteiger partial charge in [0.2, 0.25) is 0 Å². The average Bonchev–Trinajstić information content (AvgIpc) is 3.15. The maximum atomic E-state index is 12.8. The highest BCUT2D eigenvalue weighted by molar-refractivity contribution is 5.93. The summed E-state index contributed by atoms with van der Waals surface area (Å²) in [7, 11) is 0. The van der Waals surface area contributed by atoms with E-state index in [1.165, 1.54) is 0 Å². The number of carbonyl (C=O) groups is 1. The minimum Gasteiger partial charge on any atom is -0.412 e. The van der Waals surface area contributed by atoms with E-state index in [0.29, 0.717) is 5.75 Å². The fourth-order valence-electron chi connectivity index (χ4n) is 4.48. The molecule has 3 aliphatic rings. The maximum Gasteiger partial charge on any atom is 0.149 e. The lowest BCUT2D eigenvalue weighted by Crippen LogP contribution is -2.31. The predicted molar refractivity (Wildman–Crippen MR) is 74.6 cm³/mol. The smallest absolute Gasteiger partial charge is 0.149 e. The van der Waals surface area contributed by atoms with Gasteiger partial charge in [0.25, 0.3) is 0 Å². The van der Waals surface area contributed by atoms with Crippen molar-refractivity contribution in [2.45, 2.75) is 44.0 Å². The van der Waals surface area contributed by atoms with Gasteiger partial charge in [-0.25, -0.2) is 0 Å². The van der Waals surface area contributed by atoms with Crippen LogP contribution in [0.1, 0.15) is 29.9 Å². The SMILES string of the molecule is Cc1ccc(ON)cc1C1C(=O)C2C3CCC(O3)C2C1O. The van der Waals surface area contributed by atoms with E-state index >= 15 is 0 Å². The molecule has 2 bridgehead atoms. The summed E-state index contributed by atoms with van der Waals surface area (Å²) >= 11 is 0. The first-order chi connectivity index (χ1) is 10.1. The molecule has 1 aromatic rings. The maximum absolute atomic E-state index is 12.8. The van der Waals surface area contributed by atoms with Crippen LogP contribution in [0, 0.1) is 18.8 Å². The summed E-state index contributed by atoms with van der Waals surface area (Å²) in [4.78, 5) is 17.6. The number of Topliss-reactive ketones (excluding diaryl/α,β-unsaturated/α-hetero) is 1. The van der Waals surface area contributed by atoms with Crippen molar-refractivity contribution in [2.75, 3.05) is 0 Å². The van der Waals surface area contributed by atoms with Gasteiger partial charge >= 0.3 is 0 Å². The first-order valence-electron chi connectivity index (χ1n) is 7.46. The number of aliphatic hydroxyl groups excluding tert-OH is 1. The molecule has 21 heavy (non-hydrogen) atoms. The zero-order valence-electron chi connectivity index (χ0n) is 11.9. The van der Waals surface area contributed by atoms with Crippen LogP contribution >= 0.6 is 0 Å². The first kappa shape index (κ1) is 13.2. The Bertz CT molecular complexity index is 602. The Kier molecular flexibility index (Phi) is 2.86. The molecule has 4 rings (SSSR count). The number of fused-ring (bicyclic) bond motifs is 5. The molecular weight excluding hydrogens is 270 g/mol. The van der Waals surface area contributed by atoms with Crippen LogP contribution in [-0.4, -0.2) is 29.2 Å². The Morgan fingerprint density at radius 1 is 1.33 bits per heavy atom. The standard InChI is InChI=1S/C16H19NO4/c1-7-2-3-8(21-17)6-9(7)12-15(18)13-10-4-5-11(20-10)14(13)16(12)19/h2-3,6,10-15,18H,4-5,17H2,1H3. The minimum atomic E-state index is -0.676. The molecular formula is C16H19NO4. The molecule has 1 saturated carbocycles. The highest BCUT2D eigenvalue weighted by atomic mass is 16.6. The van der Waals surface area contributed by atoms with Gasteiger partial charge in [-0.2, -0.15) is 5.90 Å². The molecule has 0 aromatic heterocycles. The number of hydrogen-bond donors (Lipinski definition) is 2. The van der Waals surface area contributed by atoms with Gasteiger partial charge < -0.3 is 14.7 Å². The van der Waals surface area contributed by atoms with Crippen molar-refractivity contribution in [3.8, 4) is 5.75 Å². The Morgan fingerprint density at radius 3 is 2.81 bits per heavy atom. The van der Waals surface area contributed by atoms with E-state index in [0.717, 1.165) is 24.0 Å². The van der Waals surface area contributed by atoms with Crippen molar-refractivity contribution in [1.82, 2.24) is 0 Å². The number of hydrogen-bond acceptors (Lipinski definition) is 5. The Morgan fingerprint density at radius 2 is 2.10 bits per heavy atom. The van der Waals surface area contributed by atoms with Gasteiger partial charge in [0.05, 0.1) is 30.1 Å². The fourth-order valence-corrected chi connectivity index (χ4v) is 4.48. The van der Waals surface area contributed by atoms with Gasteiger partial charge in [-0.05, 0) is 43.0 Å². The molecule has 5 heteroatoms. The predicted octanol–water partition coefficient (Wildman–Crippen LogP) is 1.07. The van der Waals surface area contributed by atoms with Crippen LogP contribution in [0.2, 0.25) is 0 Å². The normalized spacial score (nSPS) is 40.6. The van der Waals surface area contributed by atoms with E-state index in [-0.39, 0.29) is 29.8 Å². The summed E-state index contributed by atoms with van der Waals surface area (Å²) in [6.07, 6.45) is 1.25. The quantitative estimate of drug-likeness (QED) is 0.796. The van der Waals surface area contributed by atoms with Crippen molar-refractivity contribution in [3.63, 3.8) is 0 Å². The Balaban J connectivity index is 1.75. The van der Waals surface area contributed by atoms with Gasteiger partial charge in [0.15, 0.2) is 0 Å². The molecule has 3 fully saturated rings. The van der Waals surface area contributed by atoms with Gasteiger partial charge in [-0.15, -0.1) is 0 Å². The summed E-state index contributed by atoms with van der Waals surface area (Å²) in [5, 5.41) is 10.7. The zero-order valence-corrected chi connectivity index (χ0v) is 11.9. The van der Waals surface area contributed by atoms with E-state index < -0.39 is 12.0 Å². The number of ether oxygens (including phenoxy) is 1. The van der Waals surface area contributed by atoms with Crippen molar-refractivity contribution in [3.05, 3.63) is 29.3 Å². The van der Waals surface area contributed by atoms with Crippen LogP contribution in [0.25, 0.3) is 0 Å². The summed E-state index contributed by atoms with van der Waals surface area (Å²) in [5.41, 5.74) is 1.80. The van der Waals surface area contributed by atoms with E-state index in [9.17, 15) is 9.90 Å². The molecule has 6 unspecified atom stereocenters. The first-order valence-corrected chi connectivity index (χ1v) is 7.46. The number of aryl methyl sites for hydroxylation is 1. The lowest BCUT2D eigenvalue weighted by molar-refractivity contribution is -0.124. The second-order valence-corrected chi connectivity index (χ2v) is 6.40. The molecule has 2 heterocycles. The summed E-state index contributed by atoms with van der Waals surface area (Å²) in [5.74, 6) is 5.15. The second-order valence-electron chi connectivity index (χ2n) is 6.40. The second kappa shape index (κ2) is 4.53.